The van der Waals surface area contributed by atoms with Gasteiger partial charge in [-0.3, -0.25) is 24.2 Å². The van der Waals surface area contributed by atoms with Gasteiger partial charge < -0.3 is 5.11 Å². The Morgan fingerprint density at radius 2 is 1.90 bits per heavy atom. The van der Waals surface area contributed by atoms with Gasteiger partial charge >= 0.3 is 5.97 Å². The molecule has 0 saturated carbocycles. The van der Waals surface area contributed by atoms with Gasteiger partial charge in [-0.05, 0) is 54.7 Å². The third-order valence-corrected chi connectivity index (χ3v) is 8.04. The lowest BCUT2D eigenvalue weighted by Gasteiger charge is -2.25. The van der Waals surface area contributed by atoms with Crippen LogP contribution >= 0.6 is 11.3 Å². The molecular weight excluding hydrogens is 543 g/mol. The standard InChI is InChI=1S/C31H29FN4O4S/c1-35(30(40)22(16-29(38)39)15-20-7-3-2-4-8-20)31-34-26(19-41-31)25-17-23(32)11-12-24(25)21-10-13-27(33-18-21)36-14-6-5-9-28(36)37/h2-4,7-8,10-13,17-19,22H,5-6,9,14-16H2,1H3,(H,38,39)/t22-/m1/s1. The molecule has 0 aliphatic carbocycles. The number of carboxylic acid groups (broad SMARTS) is 1. The van der Waals surface area contributed by atoms with Crippen LogP contribution in [0.25, 0.3) is 22.4 Å². The number of rotatable bonds is 9. The van der Waals surface area contributed by atoms with E-state index in [2.05, 4.69) is 9.97 Å². The number of aromatic nitrogens is 2. The van der Waals surface area contributed by atoms with Crippen LogP contribution in [0.2, 0.25) is 0 Å². The monoisotopic (exact) mass is 572 g/mol. The molecule has 0 spiro atoms. The molecule has 0 bridgehead atoms. The summed E-state index contributed by atoms with van der Waals surface area (Å²) in [6.07, 6.45) is 3.97. The predicted molar refractivity (Wildman–Crippen MR) is 156 cm³/mol. The predicted octanol–water partition coefficient (Wildman–Crippen LogP) is 5.82. The maximum absolute atomic E-state index is 14.4. The zero-order valence-electron chi connectivity index (χ0n) is 22.5. The van der Waals surface area contributed by atoms with Gasteiger partial charge in [0.1, 0.15) is 11.6 Å². The van der Waals surface area contributed by atoms with E-state index in [-0.39, 0.29) is 24.7 Å². The van der Waals surface area contributed by atoms with Gasteiger partial charge in [-0.1, -0.05) is 36.4 Å². The molecule has 41 heavy (non-hydrogen) atoms. The fourth-order valence-corrected chi connectivity index (χ4v) is 5.80. The molecule has 10 heteroatoms. The molecule has 2 aromatic heterocycles. The Balaban J connectivity index is 1.40. The van der Waals surface area contributed by atoms with Crippen molar-refractivity contribution in [3.63, 3.8) is 0 Å². The van der Waals surface area contributed by atoms with E-state index in [0.29, 0.717) is 40.7 Å². The summed E-state index contributed by atoms with van der Waals surface area (Å²) in [6.45, 7) is 0.638. The summed E-state index contributed by atoms with van der Waals surface area (Å²) in [5.74, 6) is -1.97. The topological polar surface area (TPSA) is 104 Å². The lowest BCUT2D eigenvalue weighted by atomic mass is 9.95. The highest BCUT2D eigenvalue weighted by molar-refractivity contribution is 7.14. The summed E-state index contributed by atoms with van der Waals surface area (Å²) >= 11 is 1.22. The first-order valence-corrected chi connectivity index (χ1v) is 14.2. The number of anilines is 2. The number of amides is 2. The molecule has 2 amide bonds. The molecule has 1 N–H and O–H groups in total. The quantitative estimate of drug-likeness (QED) is 0.271. The number of carboxylic acids is 1. The first-order valence-electron chi connectivity index (χ1n) is 13.4. The Morgan fingerprint density at radius 1 is 1.10 bits per heavy atom. The molecule has 1 aliphatic heterocycles. The molecule has 1 atom stereocenters. The molecule has 8 nitrogen and oxygen atoms in total. The first-order chi connectivity index (χ1) is 19.8. The van der Waals surface area contributed by atoms with E-state index < -0.39 is 17.7 Å². The molecule has 1 fully saturated rings. The normalized spacial score (nSPS) is 14.1. The average molecular weight is 573 g/mol. The second kappa shape index (κ2) is 12.4. The Labute approximate surface area is 241 Å². The van der Waals surface area contributed by atoms with Crippen molar-refractivity contribution < 1.29 is 23.9 Å². The van der Waals surface area contributed by atoms with Gasteiger partial charge in [0.2, 0.25) is 11.8 Å². The van der Waals surface area contributed by atoms with Gasteiger partial charge in [0.15, 0.2) is 5.13 Å². The van der Waals surface area contributed by atoms with Crippen LogP contribution in [0.3, 0.4) is 0 Å². The maximum Gasteiger partial charge on any atom is 0.304 e. The number of hydrogen-bond acceptors (Lipinski definition) is 6. The zero-order chi connectivity index (χ0) is 28.9. The number of nitrogens with zero attached hydrogens (tertiary/aromatic N) is 4. The Hall–Kier alpha value is -4.44. The molecule has 4 aromatic rings. The van der Waals surface area contributed by atoms with Gasteiger partial charge in [-0.25, -0.2) is 14.4 Å². The van der Waals surface area contributed by atoms with Gasteiger partial charge in [0.25, 0.3) is 0 Å². The largest absolute Gasteiger partial charge is 0.481 e. The number of piperidine rings is 1. The zero-order valence-corrected chi connectivity index (χ0v) is 23.3. The van der Waals surface area contributed by atoms with E-state index in [9.17, 15) is 23.9 Å². The number of halogens is 1. The summed E-state index contributed by atoms with van der Waals surface area (Å²) in [4.78, 5) is 49.4. The van der Waals surface area contributed by atoms with Gasteiger partial charge in [0.05, 0.1) is 18.0 Å². The number of hydrogen-bond donors (Lipinski definition) is 1. The third kappa shape index (κ3) is 6.49. The molecule has 210 valence electrons. The number of aliphatic carboxylic acids is 1. The molecule has 1 aliphatic rings. The first kappa shape index (κ1) is 28.1. The summed E-state index contributed by atoms with van der Waals surface area (Å²) in [5, 5.41) is 11.6. The second-order valence-electron chi connectivity index (χ2n) is 9.99. The van der Waals surface area contributed by atoms with Crippen LogP contribution in [0, 0.1) is 11.7 Å². The third-order valence-electron chi connectivity index (χ3n) is 7.12. The van der Waals surface area contributed by atoms with Crippen molar-refractivity contribution in [3.05, 3.63) is 83.6 Å². The smallest absolute Gasteiger partial charge is 0.304 e. The van der Waals surface area contributed by atoms with Crippen LogP contribution in [0.15, 0.2) is 72.2 Å². The van der Waals surface area contributed by atoms with Crippen LogP contribution < -0.4 is 9.80 Å². The van der Waals surface area contributed by atoms with Crippen LogP contribution in [0.4, 0.5) is 15.3 Å². The van der Waals surface area contributed by atoms with E-state index in [0.717, 1.165) is 24.0 Å². The minimum absolute atomic E-state index is 0.0574. The maximum atomic E-state index is 14.4. The highest BCUT2D eigenvalue weighted by atomic mass is 32.1. The molecule has 1 saturated heterocycles. The second-order valence-corrected chi connectivity index (χ2v) is 10.8. The molecule has 0 radical (unpaired) electrons. The number of pyridine rings is 1. The number of thiazole rings is 1. The summed E-state index contributed by atoms with van der Waals surface area (Å²) < 4.78 is 14.4. The van der Waals surface area contributed by atoms with Gasteiger partial charge in [0, 0.05) is 42.7 Å². The van der Waals surface area contributed by atoms with Crippen molar-refractivity contribution in [1.82, 2.24) is 9.97 Å². The molecule has 3 heterocycles. The van der Waals surface area contributed by atoms with Gasteiger partial charge in [-0.15, -0.1) is 11.3 Å². The Bertz CT molecular complexity index is 1560. The fraction of sp³-hybridized carbons (Fsp3) is 0.258. The molecule has 5 rings (SSSR count). The minimum atomic E-state index is -1.05. The summed E-state index contributed by atoms with van der Waals surface area (Å²) in [5.41, 5.74) is 3.32. The van der Waals surface area contributed by atoms with Crippen molar-refractivity contribution >= 4 is 40.1 Å². The molecule has 0 unspecified atom stereocenters. The molecule has 2 aromatic carbocycles. The van der Waals surface area contributed by atoms with E-state index in [1.54, 1.807) is 35.7 Å². The highest BCUT2D eigenvalue weighted by Crippen LogP contribution is 2.36. The lowest BCUT2D eigenvalue weighted by Crippen LogP contribution is -2.35. The Morgan fingerprint density at radius 3 is 2.61 bits per heavy atom. The highest BCUT2D eigenvalue weighted by Gasteiger charge is 2.28. The van der Waals surface area contributed by atoms with Crippen LogP contribution in [0.1, 0.15) is 31.2 Å². The number of benzene rings is 2. The fourth-order valence-electron chi connectivity index (χ4n) is 5.00. The van der Waals surface area contributed by atoms with Crippen molar-refractivity contribution in [1.29, 1.82) is 0 Å². The lowest BCUT2D eigenvalue weighted by molar-refractivity contribution is -0.140. The van der Waals surface area contributed by atoms with Crippen molar-refractivity contribution in [2.75, 3.05) is 23.4 Å². The average Bonchev–Trinajstić information content (AvgIpc) is 3.47. The molecular formula is C31H29FN4O4S. The van der Waals surface area contributed by atoms with Crippen LogP contribution in [-0.4, -0.2) is 46.5 Å². The van der Waals surface area contributed by atoms with E-state index in [1.807, 2.05) is 36.4 Å². The number of carbonyl (C=O) groups is 3. The summed E-state index contributed by atoms with van der Waals surface area (Å²) in [6, 6.07) is 17.3. The van der Waals surface area contributed by atoms with Crippen molar-refractivity contribution in [2.45, 2.75) is 32.1 Å². The SMILES string of the molecule is CN(C(=O)[C@@H](CC(=O)O)Cc1ccccc1)c1nc(-c2cc(F)ccc2-c2ccc(N3CCCCC3=O)nc2)cs1. The van der Waals surface area contributed by atoms with Crippen LogP contribution in [-0.2, 0) is 20.8 Å². The number of carbonyl (C=O) groups excluding carboxylic acids is 2. The van der Waals surface area contributed by atoms with Gasteiger partial charge in [-0.2, -0.15) is 0 Å². The summed E-state index contributed by atoms with van der Waals surface area (Å²) in [7, 11) is 1.57. The Kier molecular flexibility index (Phi) is 8.49. The van der Waals surface area contributed by atoms with E-state index >= 15 is 0 Å². The minimum Gasteiger partial charge on any atom is -0.481 e. The van der Waals surface area contributed by atoms with Crippen LogP contribution in [0.5, 0.6) is 0 Å². The van der Waals surface area contributed by atoms with Crippen molar-refractivity contribution in [3.8, 4) is 22.4 Å². The van der Waals surface area contributed by atoms with Crippen molar-refractivity contribution in [2.24, 2.45) is 5.92 Å². The van der Waals surface area contributed by atoms with E-state index in [4.69, 9.17) is 0 Å². The van der Waals surface area contributed by atoms with E-state index in [1.165, 1.54) is 28.4 Å².